The van der Waals surface area contributed by atoms with E-state index in [1.165, 1.54) is 6.42 Å². The van der Waals surface area contributed by atoms with Crippen LogP contribution in [0.15, 0.2) is 17.5 Å². The minimum absolute atomic E-state index is 0.0984. The number of likely N-dealkylation sites (tertiary alicyclic amines) is 1. The normalized spacial score (nSPS) is 20.1. The summed E-state index contributed by atoms with van der Waals surface area (Å²) >= 11 is 1.62. The van der Waals surface area contributed by atoms with Gasteiger partial charge in [-0.25, -0.2) is 0 Å². The highest BCUT2D eigenvalue weighted by Gasteiger charge is 2.31. The maximum Gasteiger partial charge on any atom is 0.225 e. The van der Waals surface area contributed by atoms with E-state index in [1.807, 2.05) is 22.4 Å². The predicted octanol–water partition coefficient (Wildman–Crippen LogP) is 2.20. The number of carbonyl (C=O) groups is 2. The van der Waals surface area contributed by atoms with E-state index >= 15 is 0 Å². The first-order valence-corrected chi connectivity index (χ1v) is 8.71. The highest BCUT2D eigenvalue weighted by atomic mass is 32.1. The van der Waals surface area contributed by atoms with Crippen LogP contribution in [-0.4, -0.2) is 35.8 Å². The molecule has 3 rings (SSSR count). The van der Waals surface area contributed by atoms with Gasteiger partial charge in [-0.1, -0.05) is 12.5 Å². The van der Waals surface area contributed by atoms with E-state index in [-0.39, 0.29) is 17.9 Å². The third-order valence-electron chi connectivity index (χ3n) is 4.54. The number of thiophene rings is 1. The van der Waals surface area contributed by atoms with E-state index < -0.39 is 0 Å². The largest absolute Gasteiger partial charge is 0.353 e. The smallest absolute Gasteiger partial charge is 0.225 e. The Morgan fingerprint density at radius 3 is 2.57 bits per heavy atom. The summed E-state index contributed by atoms with van der Waals surface area (Å²) in [6, 6.07) is 4.19. The van der Waals surface area contributed by atoms with Gasteiger partial charge in [0.05, 0.1) is 6.42 Å². The van der Waals surface area contributed by atoms with Gasteiger partial charge in [0, 0.05) is 29.9 Å². The summed E-state index contributed by atoms with van der Waals surface area (Å²) in [7, 11) is 0. The Morgan fingerprint density at radius 1 is 1.24 bits per heavy atom. The number of rotatable bonds is 4. The molecule has 0 aromatic carbocycles. The van der Waals surface area contributed by atoms with Crippen molar-refractivity contribution in [3.05, 3.63) is 22.4 Å². The molecule has 4 nitrogen and oxygen atoms in total. The van der Waals surface area contributed by atoms with Crippen molar-refractivity contribution in [3.63, 3.8) is 0 Å². The van der Waals surface area contributed by atoms with Gasteiger partial charge in [0.1, 0.15) is 0 Å². The molecular weight excluding hydrogens is 284 g/mol. The highest BCUT2D eigenvalue weighted by Crippen LogP contribution is 2.29. The van der Waals surface area contributed by atoms with Crippen molar-refractivity contribution in [2.45, 2.75) is 44.6 Å². The summed E-state index contributed by atoms with van der Waals surface area (Å²) < 4.78 is 0. The first-order valence-electron chi connectivity index (χ1n) is 7.83. The van der Waals surface area contributed by atoms with Gasteiger partial charge >= 0.3 is 0 Å². The van der Waals surface area contributed by atoms with Crippen molar-refractivity contribution < 1.29 is 9.59 Å². The molecule has 2 amide bonds. The minimum Gasteiger partial charge on any atom is -0.353 e. The van der Waals surface area contributed by atoms with Crippen LogP contribution in [0.4, 0.5) is 0 Å². The van der Waals surface area contributed by atoms with Gasteiger partial charge in [-0.2, -0.15) is 0 Å². The molecule has 5 heteroatoms. The summed E-state index contributed by atoms with van der Waals surface area (Å²) in [5.41, 5.74) is 0. The third kappa shape index (κ3) is 3.64. The van der Waals surface area contributed by atoms with Crippen LogP contribution in [0.2, 0.25) is 0 Å². The van der Waals surface area contributed by atoms with E-state index in [9.17, 15) is 9.59 Å². The maximum absolute atomic E-state index is 12.2. The van der Waals surface area contributed by atoms with Gasteiger partial charge in [-0.3, -0.25) is 9.59 Å². The van der Waals surface area contributed by atoms with Crippen LogP contribution >= 0.6 is 11.3 Å². The quantitative estimate of drug-likeness (QED) is 0.927. The molecule has 0 atom stereocenters. The third-order valence-corrected chi connectivity index (χ3v) is 5.42. The summed E-state index contributed by atoms with van der Waals surface area (Å²) in [6.45, 7) is 1.58. The minimum atomic E-state index is 0.0984. The molecule has 0 bridgehead atoms. The molecule has 1 saturated heterocycles. The Morgan fingerprint density at radius 2 is 2.00 bits per heavy atom. The Labute approximate surface area is 129 Å². The fourth-order valence-electron chi connectivity index (χ4n) is 3.01. The lowest BCUT2D eigenvalue weighted by Gasteiger charge is -2.36. The zero-order valence-electron chi connectivity index (χ0n) is 12.2. The molecule has 1 aliphatic heterocycles. The zero-order valence-corrected chi connectivity index (χ0v) is 13.0. The van der Waals surface area contributed by atoms with Crippen LogP contribution in [0, 0.1) is 5.92 Å². The number of piperidine rings is 1. The number of hydrogen-bond donors (Lipinski definition) is 1. The van der Waals surface area contributed by atoms with E-state index in [0.717, 1.165) is 43.6 Å². The number of nitrogens with one attached hydrogen (secondary N) is 1. The van der Waals surface area contributed by atoms with Gasteiger partial charge in [0.25, 0.3) is 0 Å². The summed E-state index contributed by atoms with van der Waals surface area (Å²) in [5.74, 6) is 0.723. The Kier molecular flexibility index (Phi) is 4.58. The maximum atomic E-state index is 12.2. The van der Waals surface area contributed by atoms with Crippen molar-refractivity contribution in [1.29, 1.82) is 0 Å². The van der Waals surface area contributed by atoms with Crippen molar-refractivity contribution in [2.24, 2.45) is 5.92 Å². The Bertz CT molecular complexity index is 488. The van der Waals surface area contributed by atoms with Crippen molar-refractivity contribution >= 4 is 23.2 Å². The molecule has 1 N–H and O–H groups in total. The summed E-state index contributed by atoms with van der Waals surface area (Å²) in [5, 5.41) is 5.10. The van der Waals surface area contributed by atoms with E-state index in [4.69, 9.17) is 0 Å². The van der Waals surface area contributed by atoms with Gasteiger partial charge < -0.3 is 10.2 Å². The van der Waals surface area contributed by atoms with Gasteiger partial charge in [0.2, 0.25) is 11.8 Å². The number of carbonyl (C=O) groups excluding carboxylic acids is 2. The Balaban J connectivity index is 1.41. The molecule has 1 saturated carbocycles. The summed E-state index contributed by atoms with van der Waals surface area (Å²) in [6.07, 6.45) is 5.57. The van der Waals surface area contributed by atoms with Gasteiger partial charge in [-0.15, -0.1) is 11.3 Å². The second-order valence-electron chi connectivity index (χ2n) is 6.05. The lowest BCUT2D eigenvalue weighted by Crippen LogP contribution is -2.49. The van der Waals surface area contributed by atoms with E-state index in [0.29, 0.717) is 12.3 Å². The summed E-state index contributed by atoms with van der Waals surface area (Å²) in [4.78, 5) is 27.2. The molecule has 1 aromatic heterocycles. The van der Waals surface area contributed by atoms with E-state index in [2.05, 4.69) is 5.32 Å². The van der Waals surface area contributed by atoms with Crippen LogP contribution < -0.4 is 5.32 Å². The fraction of sp³-hybridized carbons (Fsp3) is 0.625. The second-order valence-corrected chi connectivity index (χ2v) is 7.08. The average molecular weight is 306 g/mol. The van der Waals surface area contributed by atoms with Gasteiger partial charge in [0.15, 0.2) is 0 Å². The molecule has 2 fully saturated rings. The SMILES string of the molecule is O=C(Cc1cccs1)NC1CCN(C(=O)C2CCC2)CC1. The van der Waals surface area contributed by atoms with Crippen LogP contribution in [-0.2, 0) is 16.0 Å². The molecule has 0 unspecified atom stereocenters. The standard InChI is InChI=1S/C16H22N2O2S/c19-15(11-14-5-2-10-21-14)17-13-6-8-18(9-7-13)16(20)12-3-1-4-12/h2,5,10,12-13H,1,3-4,6-9,11H2,(H,17,19). The van der Waals surface area contributed by atoms with E-state index in [1.54, 1.807) is 11.3 Å². The number of hydrogen-bond acceptors (Lipinski definition) is 3. The zero-order chi connectivity index (χ0) is 14.7. The monoisotopic (exact) mass is 306 g/mol. The van der Waals surface area contributed by atoms with Crippen LogP contribution in [0.5, 0.6) is 0 Å². The molecule has 1 aliphatic carbocycles. The van der Waals surface area contributed by atoms with Crippen molar-refractivity contribution in [3.8, 4) is 0 Å². The number of nitrogens with zero attached hydrogens (tertiary/aromatic N) is 1. The predicted molar refractivity (Wildman–Crippen MR) is 83.1 cm³/mol. The highest BCUT2D eigenvalue weighted by molar-refractivity contribution is 7.10. The molecule has 21 heavy (non-hydrogen) atoms. The van der Waals surface area contributed by atoms with Crippen LogP contribution in [0.3, 0.4) is 0 Å². The Hall–Kier alpha value is -1.36. The molecular formula is C16H22N2O2S. The second kappa shape index (κ2) is 6.60. The average Bonchev–Trinajstić information content (AvgIpc) is 2.90. The lowest BCUT2D eigenvalue weighted by molar-refractivity contribution is -0.139. The topological polar surface area (TPSA) is 49.4 Å². The first kappa shape index (κ1) is 14.6. The molecule has 2 aliphatic rings. The molecule has 0 radical (unpaired) electrons. The molecule has 2 heterocycles. The van der Waals surface area contributed by atoms with Gasteiger partial charge in [-0.05, 0) is 37.1 Å². The molecule has 0 spiro atoms. The van der Waals surface area contributed by atoms with Crippen molar-refractivity contribution in [1.82, 2.24) is 10.2 Å². The van der Waals surface area contributed by atoms with Crippen LogP contribution in [0.1, 0.15) is 37.0 Å². The molecule has 114 valence electrons. The molecule has 1 aromatic rings. The fourth-order valence-corrected chi connectivity index (χ4v) is 3.71. The number of amides is 2. The lowest BCUT2D eigenvalue weighted by atomic mass is 9.84. The van der Waals surface area contributed by atoms with Crippen LogP contribution in [0.25, 0.3) is 0 Å². The van der Waals surface area contributed by atoms with Crippen molar-refractivity contribution in [2.75, 3.05) is 13.1 Å². The first-order chi connectivity index (χ1) is 10.2.